The molecule has 3 aromatic rings. The Bertz CT molecular complexity index is 1150. The average molecular weight is 544 g/mol. The van der Waals surface area contributed by atoms with Gasteiger partial charge < -0.3 is 0 Å². The second-order valence-corrected chi connectivity index (χ2v) is 10.9. The second kappa shape index (κ2) is 10.2. The summed E-state index contributed by atoms with van der Waals surface area (Å²) in [4.78, 5) is 13.0. The van der Waals surface area contributed by atoms with Gasteiger partial charge in [0.05, 0.1) is 4.90 Å². The zero-order valence-electron chi connectivity index (χ0n) is 16.7. The van der Waals surface area contributed by atoms with Crippen molar-refractivity contribution < 1.29 is 13.2 Å². The molecule has 0 saturated carbocycles. The molecule has 0 aliphatic rings. The Morgan fingerprint density at radius 3 is 2.39 bits per heavy atom. The number of aromatic nitrogens is 2. The zero-order chi connectivity index (χ0) is 22.6. The van der Waals surface area contributed by atoms with Gasteiger partial charge >= 0.3 is 0 Å². The van der Waals surface area contributed by atoms with Gasteiger partial charge in [-0.05, 0) is 42.3 Å². The fraction of sp³-hybridized carbons (Fsp3) is 0.250. The van der Waals surface area contributed by atoms with Gasteiger partial charge in [0.2, 0.25) is 21.1 Å². The van der Waals surface area contributed by atoms with Gasteiger partial charge in [-0.3, -0.25) is 10.1 Å². The van der Waals surface area contributed by atoms with Crippen LogP contribution in [0.15, 0.2) is 57.9 Å². The predicted octanol–water partition coefficient (Wildman–Crippen LogP) is 4.95. The molecule has 1 aromatic heterocycles. The Morgan fingerprint density at radius 2 is 1.77 bits per heavy atom. The summed E-state index contributed by atoms with van der Waals surface area (Å²) in [6.07, 6.45) is 0.599. The summed E-state index contributed by atoms with van der Waals surface area (Å²) in [5.74, 6) is -0.744. The lowest BCUT2D eigenvalue weighted by Gasteiger charge is -2.22. The number of nitrogens with one attached hydrogen (secondary N) is 2. The lowest BCUT2D eigenvalue weighted by Crippen LogP contribution is -2.47. The van der Waals surface area contributed by atoms with Crippen molar-refractivity contribution in [1.82, 2.24) is 14.9 Å². The Hall–Kier alpha value is -1.85. The number of hydrogen-bond acceptors (Lipinski definition) is 6. The molecule has 2 N–H and O–H groups in total. The first kappa shape index (κ1) is 23.8. The van der Waals surface area contributed by atoms with Crippen LogP contribution in [0.4, 0.5) is 5.13 Å². The van der Waals surface area contributed by atoms with Gasteiger partial charge in [-0.25, -0.2) is 8.42 Å². The lowest BCUT2D eigenvalue weighted by atomic mass is 9.99. The Labute approximate surface area is 198 Å². The topological polar surface area (TPSA) is 101 Å². The molecule has 0 saturated heterocycles. The van der Waals surface area contributed by atoms with Crippen LogP contribution in [0.25, 0.3) is 10.6 Å². The van der Waals surface area contributed by atoms with E-state index < -0.39 is 22.0 Å². The van der Waals surface area contributed by atoms with Gasteiger partial charge in [0.15, 0.2) is 0 Å². The Kier molecular flexibility index (Phi) is 7.82. The van der Waals surface area contributed by atoms with E-state index in [1.807, 2.05) is 38.1 Å². The van der Waals surface area contributed by atoms with Crippen molar-refractivity contribution in [2.24, 2.45) is 5.92 Å². The maximum Gasteiger partial charge on any atom is 0.244 e. The first-order valence-corrected chi connectivity index (χ1v) is 12.8. The van der Waals surface area contributed by atoms with E-state index in [0.29, 0.717) is 21.6 Å². The molecule has 0 aliphatic carbocycles. The van der Waals surface area contributed by atoms with E-state index in [1.54, 1.807) is 0 Å². The predicted molar refractivity (Wildman–Crippen MR) is 127 cm³/mol. The van der Waals surface area contributed by atoms with E-state index in [-0.39, 0.29) is 10.8 Å². The zero-order valence-corrected chi connectivity index (χ0v) is 20.6. The van der Waals surface area contributed by atoms with Crippen molar-refractivity contribution in [3.05, 3.63) is 58.0 Å². The molecule has 7 nitrogen and oxygen atoms in total. The molecule has 3 rings (SSSR count). The van der Waals surface area contributed by atoms with Crippen LogP contribution in [0.3, 0.4) is 0 Å². The minimum absolute atomic E-state index is 0.0337. The smallest absolute Gasteiger partial charge is 0.244 e. The highest BCUT2D eigenvalue weighted by Gasteiger charge is 2.30. The van der Waals surface area contributed by atoms with Crippen molar-refractivity contribution in [2.45, 2.75) is 31.2 Å². The van der Waals surface area contributed by atoms with Crippen LogP contribution in [-0.4, -0.2) is 30.6 Å². The molecule has 164 valence electrons. The molecule has 0 fully saturated rings. The molecule has 1 heterocycles. The number of sulfonamides is 1. The lowest BCUT2D eigenvalue weighted by molar-refractivity contribution is -0.118. The molecule has 2 atom stereocenters. The third-order valence-corrected chi connectivity index (χ3v) is 7.77. The van der Waals surface area contributed by atoms with Gasteiger partial charge in [0, 0.05) is 15.1 Å². The number of anilines is 1. The first-order valence-electron chi connectivity index (χ1n) is 9.38. The van der Waals surface area contributed by atoms with Crippen LogP contribution in [0.1, 0.15) is 20.3 Å². The largest absolute Gasteiger partial charge is 0.299 e. The summed E-state index contributed by atoms with van der Waals surface area (Å²) < 4.78 is 29.0. The molecular weight excluding hydrogens is 524 g/mol. The summed E-state index contributed by atoms with van der Waals surface area (Å²) in [5, 5.41) is 12.2. The van der Waals surface area contributed by atoms with E-state index in [9.17, 15) is 13.2 Å². The van der Waals surface area contributed by atoms with Crippen LogP contribution in [0.2, 0.25) is 5.02 Å². The highest BCUT2D eigenvalue weighted by Crippen LogP contribution is 2.28. The SMILES string of the molecule is CCC(C)C(NS(=O)(=O)c1ccc(Cl)cc1)C(=O)Nc1nnc(-c2ccc(Br)cc2)s1. The number of carbonyl (C=O) groups excluding carboxylic acids is 1. The molecule has 2 unspecified atom stereocenters. The van der Waals surface area contributed by atoms with Gasteiger partial charge in [0.1, 0.15) is 11.0 Å². The molecular formula is C20H20BrClN4O3S2. The standard InChI is InChI=1S/C20H20BrClN4O3S2/c1-3-12(2)17(26-31(28,29)16-10-8-15(22)9-11-16)18(27)23-20-25-24-19(30-20)13-4-6-14(21)7-5-13/h4-12,17,26H,3H2,1-2H3,(H,23,25,27). The Balaban J connectivity index is 1.77. The molecule has 11 heteroatoms. The highest BCUT2D eigenvalue weighted by molar-refractivity contribution is 9.10. The summed E-state index contributed by atoms with van der Waals surface area (Å²) in [6, 6.07) is 12.3. The number of hydrogen-bond donors (Lipinski definition) is 2. The molecule has 2 aromatic carbocycles. The Morgan fingerprint density at radius 1 is 1.13 bits per heavy atom. The summed E-state index contributed by atoms with van der Waals surface area (Å²) in [6.45, 7) is 3.69. The van der Waals surface area contributed by atoms with Crippen LogP contribution in [0, 0.1) is 5.92 Å². The summed E-state index contributed by atoms with van der Waals surface area (Å²) >= 11 is 10.4. The maximum absolute atomic E-state index is 12.9. The third-order valence-electron chi connectivity index (χ3n) is 4.65. The summed E-state index contributed by atoms with van der Waals surface area (Å²) in [7, 11) is -3.92. The number of amides is 1. The quantitative estimate of drug-likeness (QED) is 0.418. The number of carbonyl (C=O) groups is 1. The summed E-state index contributed by atoms with van der Waals surface area (Å²) in [5.41, 5.74) is 0.864. The van der Waals surface area contributed by atoms with Gasteiger partial charge in [-0.2, -0.15) is 4.72 Å². The monoisotopic (exact) mass is 542 g/mol. The molecule has 31 heavy (non-hydrogen) atoms. The molecule has 0 spiro atoms. The molecule has 0 aliphatic heterocycles. The van der Waals surface area contributed by atoms with E-state index in [2.05, 4.69) is 36.2 Å². The third kappa shape index (κ3) is 6.11. The van der Waals surface area contributed by atoms with Gasteiger partial charge in [-0.15, -0.1) is 10.2 Å². The van der Waals surface area contributed by atoms with Crippen molar-refractivity contribution >= 4 is 59.9 Å². The number of halogens is 2. The van der Waals surface area contributed by atoms with Crippen LogP contribution in [-0.2, 0) is 14.8 Å². The highest BCUT2D eigenvalue weighted by atomic mass is 79.9. The van der Waals surface area contributed by atoms with Crippen LogP contribution >= 0.6 is 38.9 Å². The normalized spacial score (nSPS) is 13.5. The van der Waals surface area contributed by atoms with E-state index in [1.165, 1.54) is 35.6 Å². The van der Waals surface area contributed by atoms with Crippen molar-refractivity contribution in [3.8, 4) is 10.6 Å². The van der Waals surface area contributed by atoms with Crippen molar-refractivity contribution in [3.63, 3.8) is 0 Å². The fourth-order valence-electron chi connectivity index (χ4n) is 2.68. The maximum atomic E-state index is 12.9. The van der Waals surface area contributed by atoms with Gasteiger partial charge in [0.25, 0.3) is 0 Å². The minimum Gasteiger partial charge on any atom is -0.299 e. The van der Waals surface area contributed by atoms with Crippen molar-refractivity contribution in [1.29, 1.82) is 0 Å². The van der Waals surface area contributed by atoms with Crippen LogP contribution < -0.4 is 10.0 Å². The first-order chi connectivity index (χ1) is 14.7. The molecule has 0 radical (unpaired) electrons. The second-order valence-electron chi connectivity index (χ2n) is 6.85. The van der Waals surface area contributed by atoms with Crippen LogP contribution in [0.5, 0.6) is 0 Å². The van der Waals surface area contributed by atoms with E-state index >= 15 is 0 Å². The van der Waals surface area contributed by atoms with Gasteiger partial charge in [-0.1, -0.05) is 71.3 Å². The van der Waals surface area contributed by atoms with Crippen molar-refractivity contribution in [2.75, 3.05) is 5.32 Å². The van der Waals surface area contributed by atoms with E-state index in [0.717, 1.165) is 10.0 Å². The molecule has 0 bridgehead atoms. The number of rotatable bonds is 8. The number of benzene rings is 2. The number of nitrogens with zero attached hydrogens (tertiary/aromatic N) is 2. The molecule has 1 amide bonds. The minimum atomic E-state index is -3.92. The average Bonchev–Trinajstić information content (AvgIpc) is 3.20. The fourth-order valence-corrected chi connectivity index (χ4v) is 5.13. The van der Waals surface area contributed by atoms with E-state index in [4.69, 9.17) is 11.6 Å².